The highest BCUT2D eigenvalue weighted by Gasteiger charge is 2.14. The molecule has 3 heterocycles. The molecule has 0 aliphatic carbocycles. The quantitative estimate of drug-likeness (QED) is 0.716. The van der Waals surface area contributed by atoms with Crippen LogP contribution < -0.4 is 10.1 Å². The van der Waals surface area contributed by atoms with Crippen LogP contribution in [0.5, 0.6) is 5.88 Å². The van der Waals surface area contributed by atoms with Crippen LogP contribution >= 0.6 is 0 Å². The first kappa shape index (κ1) is 18.3. The fourth-order valence-corrected chi connectivity index (χ4v) is 2.95. The molecule has 0 atom stereocenters. The molecule has 0 bridgehead atoms. The van der Waals surface area contributed by atoms with Gasteiger partial charge in [-0.15, -0.1) is 0 Å². The van der Waals surface area contributed by atoms with Gasteiger partial charge in [0.15, 0.2) is 5.65 Å². The minimum absolute atomic E-state index is 0.0529. The second-order valence-electron chi connectivity index (χ2n) is 6.15. The Balaban J connectivity index is 1.66. The molecule has 3 aromatic rings. The molecule has 0 aliphatic heterocycles. The number of amides is 1. The maximum absolute atomic E-state index is 12.2. The molecule has 138 valence electrons. The number of carbonyl (C=O) groups is 1. The van der Waals surface area contributed by atoms with Crippen LogP contribution in [0.1, 0.15) is 34.5 Å². The molecule has 0 aliphatic rings. The van der Waals surface area contributed by atoms with Crippen molar-refractivity contribution in [2.24, 2.45) is 0 Å². The Morgan fingerprint density at radius 2 is 2.22 bits per heavy atom. The molecule has 0 saturated carbocycles. The summed E-state index contributed by atoms with van der Waals surface area (Å²) in [5.41, 5.74) is 4.59. The first-order valence-electron chi connectivity index (χ1n) is 8.53. The molecule has 0 fully saturated rings. The molecular weight excluding hydrogens is 344 g/mol. The summed E-state index contributed by atoms with van der Waals surface area (Å²) in [6.07, 6.45) is 4.04. The molecule has 0 radical (unpaired) electrons. The number of pyridine rings is 1. The lowest BCUT2D eigenvalue weighted by Gasteiger charge is -2.11. The van der Waals surface area contributed by atoms with E-state index in [0.717, 1.165) is 22.5 Å². The van der Waals surface area contributed by atoms with E-state index in [1.165, 1.54) is 6.20 Å². The second kappa shape index (κ2) is 7.83. The number of aryl methyl sites for hydroxylation is 2. The molecule has 1 N–H and O–H groups in total. The van der Waals surface area contributed by atoms with Crippen molar-refractivity contribution < 1.29 is 9.53 Å². The lowest BCUT2D eigenvalue weighted by Crippen LogP contribution is -2.23. The smallest absolute Gasteiger partial charge is 0.220 e. The summed E-state index contributed by atoms with van der Waals surface area (Å²) in [5, 5.41) is 16.3. The molecule has 27 heavy (non-hydrogen) atoms. The maximum Gasteiger partial charge on any atom is 0.220 e. The SMILES string of the molecule is COc1cc(CNC(=O)CCc2c(C)nc3c(C#N)cnn3c2C)ccn1. The van der Waals surface area contributed by atoms with E-state index in [9.17, 15) is 4.79 Å². The van der Waals surface area contributed by atoms with E-state index >= 15 is 0 Å². The molecule has 8 heteroatoms. The number of methoxy groups -OCH3 is 1. The molecule has 3 rings (SSSR count). The van der Waals surface area contributed by atoms with Crippen LogP contribution in [0.2, 0.25) is 0 Å². The van der Waals surface area contributed by atoms with Crippen molar-refractivity contribution >= 4 is 11.6 Å². The van der Waals surface area contributed by atoms with Crippen molar-refractivity contribution in [3.05, 3.63) is 52.6 Å². The van der Waals surface area contributed by atoms with E-state index in [1.807, 2.05) is 19.9 Å². The largest absolute Gasteiger partial charge is 0.481 e. The van der Waals surface area contributed by atoms with Gasteiger partial charge in [-0.05, 0) is 37.5 Å². The van der Waals surface area contributed by atoms with Crippen LogP contribution in [0.15, 0.2) is 24.5 Å². The summed E-state index contributed by atoms with van der Waals surface area (Å²) in [5.74, 6) is 0.464. The predicted octanol–water partition coefficient (Wildman–Crippen LogP) is 1.87. The number of nitrogens with one attached hydrogen (secondary N) is 1. The van der Waals surface area contributed by atoms with E-state index in [2.05, 4.69) is 26.5 Å². The fraction of sp³-hybridized carbons (Fsp3) is 0.316. The first-order valence-corrected chi connectivity index (χ1v) is 8.53. The second-order valence-corrected chi connectivity index (χ2v) is 6.15. The summed E-state index contributed by atoms with van der Waals surface area (Å²) in [6.45, 7) is 4.22. The van der Waals surface area contributed by atoms with Crippen LogP contribution in [-0.2, 0) is 17.8 Å². The third-order valence-electron chi connectivity index (χ3n) is 4.43. The Morgan fingerprint density at radius 3 is 2.96 bits per heavy atom. The van der Waals surface area contributed by atoms with E-state index in [0.29, 0.717) is 36.5 Å². The number of carbonyl (C=O) groups excluding carboxylic acids is 1. The van der Waals surface area contributed by atoms with Gasteiger partial charge in [-0.25, -0.2) is 14.5 Å². The van der Waals surface area contributed by atoms with Gasteiger partial charge >= 0.3 is 0 Å². The fourth-order valence-electron chi connectivity index (χ4n) is 2.95. The zero-order chi connectivity index (χ0) is 19.4. The monoisotopic (exact) mass is 364 g/mol. The molecule has 0 saturated heterocycles. The number of aromatic nitrogens is 4. The van der Waals surface area contributed by atoms with Gasteiger partial charge in [0.05, 0.1) is 13.3 Å². The number of ether oxygens (including phenoxy) is 1. The van der Waals surface area contributed by atoms with Gasteiger partial charge in [0.2, 0.25) is 11.8 Å². The topological polar surface area (TPSA) is 105 Å². The van der Waals surface area contributed by atoms with Crippen LogP contribution in [0.3, 0.4) is 0 Å². The van der Waals surface area contributed by atoms with Crippen molar-refractivity contribution in [1.29, 1.82) is 5.26 Å². The Kier molecular flexibility index (Phi) is 5.31. The van der Waals surface area contributed by atoms with Gasteiger partial charge in [0.1, 0.15) is 11.6 Å². The minimum Gasteiger partial charge on any atom is -0.481 e. The Bertz CT molecular complexity index is 1030. The summed E-state index contributed by atoms with van der Waals surface area (Å²) in [7, 11) is 1.55. The Hall–Kier alpha value is -3.47. The molecule has 0 unspecified atom stereocenters. The standard InChI is InChI=1S/C19H20N6O2/c1-12-16(13(2)25-19(24-12)15(9-20)11-23-25)4-5-17(26)22-10-14-6-7-21-18(8-14)27-3/h6-8,11H,4-5,10H2,1-3H3,(H,22,26). The van der Waals surface area contributed by atoms with Crippen molar-refractivity contribution in [1.82, 2.24) is 24.9 Å². The van der Waals surface area contributed by atoms with Crippen molar-refractivity contribution in [2.45, 2.75) is 33.2 Å². The summed E-state index contributed by atoms with van der Waals surface area (Å²) >= 11 is 0. The highest BCUT2D eigenvalue weighted by atomic mass is 16.5. The van der Waals surface area contributed by atoms with Gasteiger partial charge in [-0.1, -0.05) is 0 Å². The summed E-state index contributed by atoms with van der Waals surface area (Å²) in [6, 6.07) is 5.71. The van der Waals surface area contributed by atoms with Gasteiger partial charge in [-0.3, -0.25) is 4.79 Å². The molecule has 0 spiro atoms. The van der Waals surface area contributed by atoms with Crippen molar-refractivity contribution in [3.8, 4) is 11.9 Å². The average molecular weight is 364 g/mol. The number of hydrogen-bond acceptors (Lipinski definition) is 6. The summed E-state index contributed by atoms with van der Waals surface area (Å²) in [4.78, 5) is 20.8. The minimum atomic E-state index is -0.0529. The summed E-state index contributed by atoms with van der Waals surface area (Å²) < 4.78 is 6.73. The van der Waals surface area contributed by atoms with Crippen LogP contribution in [-0.4, -0.2) is 32.6 Å². The predicted molar refractivity (Wildman–Crippen MR) is 98.1 cm³/mol. The molecule has 3 aromatic heterocycles. The van der Waals surface area contributed by atoms with Crippen LogP contribution in [0.4, 0.5) is 0 Å². The number of fused-ring (bicyclic) bond motifs is 1. The normalized spacial score (nSPS) is 10.6. The number of rotatable bonds is 6. The van der Waals surface area contributed by atoms with Crippen molar-refractivity contribution in [3.63, 3.8) is 0 Å². The molecule has 0 aromatic carbocycles. The first-order chi connectivity index (χ1) is 13.0. The lowest BCUT2D eigenvalue weighted by atomic mass is 10.1. The van der Waals surface area contributed by atoms with E-state index in [1.54, 1.807) is 23.9 Å². The van der Waals surface area contributed by atoms with Gasteiger partial charge in [0.25, 0.3) is 0 Å². The highest BCUT2D eigenvalue weighted by Crippen LogP contribution is 2.18. The Morgan fingerprint density at radius 1 is 1.41 bits per heavy atom. The molecule has 8 nitrogen and oxygen atoms in total. The zero-order valence-corrected chi connectivity index (χ0v) is 15.5. The van der Waals surface area contributed by atoms with E-state index in [4.69, 9.17) is 10.00 Å². The van der Waals surface area contributed by atoms with Crippen molar-refractivity contribution in [2.75, 3.05) is 7.11 Å². The number of nitriles is 1. The number of nitrogens with zero attached hydrogens (tertiary/aromatic N) is 5. The van der Waals surface area contributed by atoms with Crippen LogP contribution in [0.25, 0.3) is 5.65 Å². The van der Waals surface area contributed by atoms with Crippen LogP contribution in [0, 0.1) is 25.2 Å². The van der Waals surface area contributed by atoms with Gasteiger partial charge < -0.3 is 10.1 Å². The van der Waals surface area contributed by atoms with E-state index < -0.39 is 0 Å². The molecular formula is C19H20N6O2. The lowest BCUT2D eigenvalue weighted by molar-refractivity contribution is -0.121. The Labute approximate surface area is 156 Å². The van der Waals surface area contributed by atoms with E-state index in [-0.39, 0.29) is 5.91 Å². The number of hydrogen-bond donors (Lipinski definition) is 1. The molecule has 1 amide bonds. The van der Waals surface area contributed by atoms with Gasteiger partial charge in [0, 0.05) is 36.6 Å². The third kappa shape index (κ3) is 3.87. The average Bonchev–Trinajstić information content (AvgIpc) is 3.09. The zero-order valence-electron chi connectivity index (χ0n) is 15.5. The maximum atomic E-state index is 12.2. The third-order valence-corrected chi connectivity index (χ3v) is 4.43. The van der Waals surface area contributed by atoms with Gasteiger partial charge in [-0.2, -0.15) is 10.4 Å². The highest BCUT2D eigenvalue weighted by molar-refractivity contribution is 5.76.